The largest absolute Gasteiger partial charge is 0.417 e. The number of aromatic amines is 1. The first-order valence-electron chi connectivity index (χ1n) is 5.68. The molecule has 0 spiro atoms. The van der Waals surface area contributed by atoms with E-state index in [0.717, 1.165) is 6.07 Å². The topological polar surface area (TPSA) is 56.6 Å². The monoisotopic (exact) mass is 278 g/mol. The molecule has 3 nitrogen and oxygen atoms in total. The molecular weight excluding hydrogens is 269 g/mol. The Kier molecular flexibility index (Phi) is 3.61. The Bertz CT molecular complexity index is 726. The van der Waals surface area contributed by atoms with Gasteiger partial charge in [0.15, 0.2) is 0 Å². The van der Waals surface area contributed by atoms with Crippen LogP contribution in [0.2, 0.25) is 0 Å². The molecule has 0 aliphatic rings. The standard InChI is InChI=1S/C14H9F3N2O/c15-14(16,17)12-4-2-1-3-11(12)10-7-9(5-6-18)13(20)19-8-10/h1-4,7-8H,5H2,(H,19,20). The van der Waals surface area contributed by atoms with Crippen LogP contribution in [0.1, 0.15) is 11.1 Å². The van der Waals surface area contributed by atoms with Crippen molar-refractivity contribution in [2.45, 2.75) is 12.6 Å². The van der Waals surface area contributed by atoms with Crippen molar-refractivity contribution in [3.63, 3.8) is 0 Å². The highest BCUT2D eigenvalue weighted by Crippen LogP contribution is 2.36. The number of aromatic nitrogens is 1. The quantitative estimate of drug-likeness (QED) is 0.917. The molecular formula is C14H9F3N2O. The van der Waals surface area contributed by atoms with Gasteiger partial charge in [0.2, 0.25) is 0 Å². The molecule has 20 heavy (non-hydrogen) atoms. The van der Waals surface area contributed by atoms with Gasteiger partial charge in [-0.3, -0.25) is 4.79 Å². The fraction of sp³-hybridized carbons (Fsp3) is 0.143. The van der Waals surface area contributed by atoms with E-state index in [1.165, 1.54) is 30.5 Å². The predicted molar refractivity (Wildman–Crippen MR) is 66.8 cm³/mol. The molecule has 2 aromatic rings. The first-order chi connectivity index (χ1) is 9.43. The van der Waals surface area contributed by atoms with Crippen molar-refractivity contribution < 1.29 is 13.2 Å². The van der Waals surface area contributed by atoms with Crippen molar-refractivity contribution in [2.24, 2.45) is 0 Å². The number of halogens is 3. The first kappa shape index (κ1) is 13.9. The van der Waals surface area contributed by atoms with E-state index in [0.29, 0.717) is 0 Å². The van der Waals surface area contributed by atoms with Gasteiger partial charge in [-0.05, 0) is 23.3 Å². The fourth-order valence-electron chi connectivity index (χ4n) is 1.88. The summed E-state index contributed by atoms with van der Waals surface area (Å²) in [6, 6.07) is 8.21. The third kappa shape index (κ3) is 2.72. The number of alkyl halides is 3. The van der Waals surface area contributed by atoms with Crippen molar-refractivity contribution in [1.82, 2.24) is 4.98 Å². The average molecular weight is 278 g/mol. The fourth-order valence-corrected chi connectivity index (χ4v) is 1.88. The first-order valence-corrected chi connectivity index (χ1v) is 5.68. The number of nitrogens with zero attached hydrogens (tertiary/aromatic N) is 1. The molecule has 1 aromatic heterocycles. The van der Waals surface area contributed by atoms with Gasteiger partial charge in [0.1, 0.15) is 0 Å². The SMILES string of the molecule is N#CCc1cc(-c2ccccc2C(F)(F)F)c[nH]c1=O. The number of rotatable bonds is 2. The minimum atomic E-state index is -4.48. The van der Waals surface area contributed by atoms with Crippen LogP contribution in [-0.4, -0.2) is 4.98 Å². The number of nitrogens with one attached hydrogen (secondary N) is 1. The summed E-state index contributed by atoms with van der Waals surface area (Å²) in [5.74, 6) is 0. The van der Waals surface area contributed by atoms with Crippen LogP contribution in [-0.2, 0) is 12.6 Å². The third-order valence-electron chi connectivity index (χ3n) is 2.79. The Morgan fingerprint density at radius 1 is 1.25 bits per heavy atom. The summed E-state index contributed by atoms with van der Waals surface area (Å²) in [5.41, 5.74) is -0.921. The van der Waals surface area contributed by atoms with Crippen LogP contribution in [0, 0.1) is 11.3 Å². The summed E-state index contributed by atoms with van der Waals surface area (Å²) in [7, 11) is 0. The van der Waals surface area contributed by atoms with Gasteiger partial charge in [-0.1, -0.05) is 18.2 Å². The predicted octanol–water partition coefficient (Wildman–Crippen LogP) is 3.13. The van der Waals surface area contributed by atoms with Crippen LogP contribution in [0.5, 0.6) is 0 Å². The Morgan fingerprint density at radius 3 is 2.60 bits per heavy atom. The highest BCUT2D eigenvalue weighted by Gasteiger charge is 2.33. The van der Waals surface area contributed by atoms with Crippen LogP contribution in [0.25, 0.3) is 11.1 Å². The van der Waals surface area contributed by atoms with E-state index in [1.807, 2.05) is 0 Å². The van der Waals surface area contributed by atoms with E-state index in [-0.39, 0.29) is 23.1 Å². The van der Waals surface area contributed by atoms with E-state index in [9.17, 15) is 18.0 Å². The lowest BCUT2D eigenvalue weighted by molar-refractivity contribution is -0.137. The average Bonchev–Trinajstić information content (AvgIpc) is 2.41. The molecule has 0 saturated heterocycles. The lowest BCUT2D eigenvalue weighted by atomic mass is 9.99. The molecule has 102 valence electrons. The van der Waals surface area contributed by atoms with E-state index in [4.69, 9.17) is 5.26 Å². The maximum atomic E-state index is 12.9. The Balaban J connectivity index is 2.61. The smallest absolute Gasteiger partial charge is 0.328 e. The minimum absolute atomic E-state index is 0.0320. The van der Waals surface area contributed by atoms with Gasteiger partial charge in [-0.15, -0.1) is 0 Å². The third-order valence-corrected chi connectivity index (χ3v) is 2.79. The van der Waals surface area contributed by atoms with Gasteiger partial charge in [-0.2, -0.15) is 18.4 Å². The zero-order chi connectivity index (χ0) is 14.8. The molecule has 0 aliphatic carbocycles. The summed E-state index contributed by atoms with van der Waals surface area (Å²) in [5, 5.41) is 8.61. The summed E-state index contributed by atoms with van der Waals surface area (Å²) in [6.45, 7) is 0. The molecule has 1 heterocycles. The van der Waals surface area contributed by atoms with Crippen molar-refractivity contribution >= 4 is 0 Å². The molecule has 0 aliphatic heterocycles. The van der Waals surface area contributed by atoms with Gasteiger partial charge in [0, 0.05) is 11.8 Å². The second kappa shape index (κ2) is 5.21. The number of benzene rings is 1. The number of H-pyrrole nitrogens is 1. The summed E-state index contributed by atoms with van der Waals surface area (Å²) >= 11 is 0. The molecule has 1 aromatic carbocycles. The second-order valence-corrected chi connectivity index (χ2v) is 4.12. The molecule has 0 atom stereocenters. The van der Waals surface area contributed by atoms with Crippen molar-refractivity contribution in [2.75, 3.05) is 0 Å². The molecule has 0 saturated carbocycles. The molecule has 0 amide bonds. The number of nitriles is 1. The van der Waals surface area contributed by atoms with Crippen LogP contribution < -0.4 is 5.56 Å². The van der Waals surface area contributed by atoms with Gasteiger partial charge in [-0.25, -0.2) is 0 Å². The van der Waals surface area contributed by atoms with Crippen molar-refractivity contribution in [3.05, 3.63) is 58.0 Å². The van der Waals surface area contributed by atoms with Crippen LogP contribution >= 0.6 is 0 Å². The lowest BCUT2D eigenvalue weighted by Crippen LogP contribution is -2.12. The van der Waals surface area contributed by atoms with Gasteiger partial charge in [0.05, 0.1) is 18.1 Å². The maximum Gasteiger partial charge on any atom is 0.417 e. The normalized spacial score (nSPS) is 11.1. The van der Waals surface area contributed by atoms with E-state index in [1.54, 1.807) is 6.07 Å². The minimum Gasteiger partial charge on any atom is -0.328 e. The van der Waals surface area contributed by atoms with Gasteiger partial charge >= 0.3 is 6.18 Å². The molecule has 0 fully saturated rings. The highest BCUT2D eigenvalue weighted by molar-refractivity contribution is 5.67. The summed E-state index contributed by atoms with van der Waals surface area (Å²) in [6.07, 6.45) is -3.42. The molecule has 0 bridgehead atoms. The molecule has 1 N–H and O–H groups in total. The zero-order valence-corrected chi connectivity index (χ0v) is 10.2. The summed E-state index contributed by atoms with van der Waals surface area (Å²) < 4.78 is 38.8. The van der Waals surface area contributed by atoms with Gasteiger partial charge in [0.25, 0.3) is 5.56 Å². The van der Waals surface area contributed by atoms with Crippen molar-refractivity contribution in [1.29, 1.82) is 5.26 Å². The maximum absolute atomic E-state index is 12.9. The van der Waals surface area contributed by atoms with Crippen LogP contribution in [0.3, 0.4) is 0 Å². The Labute approximate surface area is 112 Å². The molecule has 2 rings (SSSR count). The van der Waals surface area contributed by atoms with Crippen LogP contribution in [0.4, 0.5) is 13.2 Å². The Hall–Kier alpha value is -2.55. The number of hydrogen-bond donors (Lipinski definition) is 1. The zero-order valence-electron chi connectivity index (χ0n) is 10.2. The van der Waals surface area contributed by atoms with Crippen molar-refractivity contribution in [3.8, 4) is 17.2 Å². The highest BCUT2D eigenvalue weighted by atomic mass is 19.4. The van der Waals surface area contributed by atoms with E-state index in [2.05, 4.69) is 4.98 Å². The van der Waals surface area contributed by atoms with E-state index >= 15 is 0 Å². The van der Waals surface area contributed by atoms with Gasteiger partial charge < -0.3 is 4.98 Å². The lowest BCUT2D eigenvalue weighted by Gasteiger charge is -2.12. The number of pyridine rings is 1. The number of hydrogen-bond acceptors (Lipinski definition) is 2. The Morgan fingerprint density at radius 2 is 1.95 bits per heavy atom. The molecule has 0 radical (unpaired) electrons. The summed E-state index contributed by atoms with van der Waals surface area (Å²) in [4.78, 5) is 13.8. The van der Waals surface area contributed by atoms with E-state index < -0.39 is 17.3 Å². The molecule has 0 unspecified atom stereocenters. The molecule has 6 heteroatoms. The second-order valence-electron chi connectivity index (χ2n) is 4.12. The van der Waals surface area contributed by atoms with Crippen LogP contribution in [0.15, 0.2) is 41.3 Å².